The summed E-state index contributed by atoms with van der Waals surface area (Å²) in [5.41, 5.74) is 0.880. The molecule has 186 valence electrons. The van der Waals surface area contributed by atoms with Crippen LogP contribution in [0.5, 0.6) is 0 Å². The number of carboxylic acid groups (broad SMARTS) is 4. The number of carbonyl (C=O) groups excluding carboxylic acids is 4. The Bertz CT molecular complexity index is 1020. The number of rotatable bonds is 4. The van der Waals surface area contributed by atoms with Crippen molar-refractivity contribution in [3.63, 3.8) is 0 Å². The first-order valence-corrected chi connectivity index (χ1v) is 10.3. The minimum Gasteiger partial charge on any atom is -0.545 e. The van der Waals surface area contributed by atoms with Crippen molar-refractivity contribution in [1.29, 1.82) is 0 Å². The standard InChI is InChI=1S/4C7H6O2.Bi.K/c4*8-7(9)6-4-2-1-3-5-6;;/h4*1-5H,(H,8,9);;/q;;;;+3;+1/p-4. The van der Waals surface area contributed by atoms with Crippen LogP contribution >= 0.6 is 0 Å². The summed E-state index contributed by atoms with van der Waals surface area (Å²) in [5.74, 6) is -4.52. The number of carboxylic acids is 4. The average Bonchev–Trinajstić information content (AvgIpc) is 2.92. The zero-order chi connectivity index (χ0) is 26.8. The second kappa shape index (κ2) is 22.3. The topological polar surface area (TPSA) is 161 Å². The molecular weight excluding hydrogens is 712 g/mol. The Kier molecular flexibility index (Phi) is 21.9. The second-order valence-corrected chi connectivity index (χ2v) is 6.61. The third-order valence-electron chi connectivity index (χ3n) is 4.04. The van der Waals surface area contributed by atoms with Crippen LogP contribution in [0.25, 0.3) is 0 Å². The largest absolute Gasteiger partial charge is 3.00 e. The van der Waals surface area contributed by atoms with Crippen LogP contribution < -0.4 is 71.8 Å². The van der Waals surface area contributed by atoms with Gasteiger partial charge in [0.1, 0.15) is 0 Å². The fraction of sp³-hybridized carbons (Fsp3) is 0. The summed E-state index contributed by atoms with van der Waals surface area (Å²) in [6.45, 7) is 0. The van der Waals surface area contributed by atoms with E-state index in [9.17, 15) is 39.6 Å². The van der Waals surface area contributed by atoms with E-state index in [1.807, 2.05) is 0 Å². The average molecular weight is 733 g/mol. The maximum absolute atomic E-state index is 10.1. The summed E-state index contributed by atoms with van der Waals surface area (Å²) in [4.78, 5) is 40.4. The normalized spacial score (nSPS) is 8.42. The Morgan fingerprint density at radius 3 is 0.553 bits per heavy atom. The van der Waals surface area contributed by atoms with Crippen molar-refractivity contribution in [1.82, 2.24) is 0 Å². The zero-order valence-corrected chi connectivity index (χ0v) is 26.9. The van der Waals surface area contributed by atoms with E-state index < -0.39 is 23.9 Å². The summed E-state index contributed by atoms with van der Waals surface area (Å²) in [6, 6.07) is 32.3. The minimum absolute atomic E-state index is 0. The first kappa shape index (κ1) is 37.4. The molecule has 0 saturated carbocycles. The van der Waals surface area contributed by atoms with Crippen molar-refractivity contribution in [2.45, 2.75) is 0 Å². The number of aromatic carboxylic acids is 4. The SMILES string of the molecule is O=C([O-])c1ccccc1.O=C([O-])c1ccccc1.O=C([O-])c1ccccc1.O=C([O-])c1ccccc1.[Bi+3].[K+]. The zero-order valence-electron chi connectivity index (χ0n) is 20.3. The Morgan fingerprint density at radius 1 is 0.342 bits per heavy atom. The maximum Gasteiger partial charge on any atom is 3.00 e. The quantitative estimate of drug-likeness (QED) is 0.199. The summed E-state index contributed by atoms with van der Waals surface area (Å²) >= 11 is 0. The van der Waals surface area contributed by atoms with Crippen molar-refractivity contribution >= 4 is 50.1 Å². The summed E-state index contributed by atoms with van der Waals surface area (Å²) in [7, 11) is 0. The summed E-state index contributed by atoms with van der Waals surface area (Å²) < 4.78 is 0. The van der Waals surface area contributed by atoms with E-state index in [1.54, 1.807) is 72.8 Å². The molecule has 0 fully saturated rings. The van der Waals surface area contributed by atoms with Gasteiger partial charge < -0.3 is 39.6 Å². The van der Waals surface area contributed by atoms with Gasteiger partial charge in [-0.3, -0.25) is 0 Å². The second-order valence-electron chi connectivity index (χ2n) is 6.61. The summed E-state index contributed by atoms with van der Waals surface area (Å²) in [5, 5.41) is 40.4. The molecule has 4 aromatic rings. The molecule has 0 amide bonds. The smallest absolute Gasteiger partial charge is 0.545 e. The van der Waals surface area contributed by atoms with Crippen LogP contribution in [0.1, 0.15) is 41.4 Å². The molecule has 4 rings (SSSR count). The van der Waals surface area contributed by atoms with Gasteiger partial charge in [0.15, 0.2) is 0 Å². The molecule has 4 aromatic carbocycles. The van der Waals surface area contributed by atoms with Crippen LogP contribution in [0, 0.1) is 0 Å². The minimum atomic E-state index is -1.13. The van der Waals surface area contributed by atoms with Gasteiger partial charge in [0.05, 0.1) is 23.9 Å². The predicted molar refractivity (Wildman–Crippen MR) is 129 cm³/mol. The molecule has 0 bridgehead atoms. The Hall–Kier alpha value is -2.72. The van der Waals surface area contributed by atoms with Crippen LogP contribution in [0.2, 0.25) is 0 Å². The molecule has 0 N–H and O–H groups in total. The van der Waals surface area contributed by atoms with Crippen LogP contribution in [-0.4, -0.2) is 50.1 Å². The molecule has 2 radical (unpaired) electrons. The van der Waals surface area contributed by atoms with Gasteiger partial charge in [-0.2, -0.15) is 0 Å². The van der Waals surface area contributed by atoms with E-state index in [0.29, 0.717) is 0 Å². The van der Waals surface area contributed by atoms with Crippen LogP contribution in [-0.2, 0) is 0 Å². The molecule has 0 spiro atoms. The molecule has 0 saturated heterocycles. The number of benzene rings is 4. The van der Waals surface area contributed by atoms with Gasteiger partial charge in [-0.25, -0.2) is 0 Å². The molecule has 0 aromatic heterocycles. The third-order valence-corrected chi connectivity index (χ3v) is 4.04. The third kappa shape index (κ3) is 16.9. The van der Waals surface area contributed by atoms with E-state index in [1.165, 1.54) is 48.5 Å². The molecule has 0 unspecified atom stereocenters. The van der Waals surface area contributed by atoms with Crippen molar-refractivity contribution < 1.29 is 91.0 Å². The maximum atomic E-state index is 10.1. The van der Waals surface area contributed by atoms with Gasteiger partial charge >= 0.3 is 77.6 Å². The van der Waals surface area contributed by atoms with Crippen molar-refractivity contribution in [2.24, 2.45) is 0 Å². The van der Waals surface area contributed by atoms with E-state index >= 15 is 0 Å². The number of hydrogen-bond donors (Lipinski definition) is 0. The number of carbonyl (C=O) groups is 4. The first-order valence-electron chi connectivity index (χ1n) is 10.3. The van der Waals surface area contributed by atoms with Crippen LogP contribution in [0.15, 0.2) is 121 Å². The van der Waals surface area contributed by atoms with Crippen LogP contribution in [0.3, 0.4) is 0 Å². The molecular formula is C28H20BiKO8. The fourth-order valence-electron chi connectivity index (χ4n) is 2.30. The summed E-state index contributed by atoms with van der Waals surface area (Å²) in [6.07, 6.45) is 0. The molecule has 0 aliphatic heterocycles. The van der Waals surface area contributed by atoms with Gasteiger partial charge in [-0.15, -0.1) is 0 Å². The van der Waals surface area contributed by atoms with E-state index in [-0.39, 0.29) is 99.8 Å². The van der Waals surface area contributed by atoms with Crippen molar-refractivity contribution in [2.75, 3.05) is 0 Å². The van der Waals surface area contributed by atoms with Crippen molar-refractivity contribution in [3.8, 4) is 0 Å². The van der Waals surface area contributed by atoms with Gasteiger partial charge in [0.25, 0.3) is 0 Å². The fourth-order valence-corrected chi connectivity index (χ4v) is 2.30. The molecule has 10 heteroatoms. The monoisotopic (exact) mass is 732 g/mol. The van der Waals surface area contributed by atoms with Crippen LogP contribution in [0.4, 0.5) is 0 Å². The Labute approximate surface area is 281 Å². The first-order chi connectivity index (χ1) is 17.2. The Morgan fingerprint density at radius 2 is 0.474 bits per heavy atom. The van der Waals surface area contributed by atoms with E-state index in [2.05, 4.69) is 0 Å². The van der Waals surface area contributed by atoms with E-state index in [4.69, 9.17) is 0 Å². The predicted octanol–water partition coefficient (Wildman–Crippen LogP) is -3.18. The van der Waals surface area contributed by atoms with Gasteiger partial charge in [0, 0.05) is 0 Å². The molecule has 0 atom stereocenters. The number of hydrogen-bond acceptors (Lipinski definition) is 8. The molecule has 8 nitrogen and oxygen atoms in total. The van der Waals surface area contributed by atoms with Gasteiger partial charge in [-0.05, 0) is 22.3 Å². The van der Waals surface area contributed by atoms with Gasteiger partial charge in [-0.1, -0.05) is 121 Å². The Balaban J connectivity index is 0. The molecule has 0 heterocycles. The van der Waals surface area contributed by atoms with Gasteiger partial charge in [0.2, 0.25) is 0 Å². The molecule has 0 aliphatic rings. The molecule has 0 aliphatic carbocycles. The van der Waals surface area contributed by atoms with E-state index in [0.717, 1.165) is 0 Å². The molecule has 38 heavy (non-hydrogen) atoms. The van der Waals surface area contributed by atoms with Crippen molar-refractivity contribution in [3.05, 3.63) is 144 Å².